The maximum atomic E-state index is 8.19. The predicted octanol–water partition coefficient (Wildman–Crippen LogP) is -1.49. The van der Waals surface area contributed by atoms with Crippen LogP contribution in [0.15, 0.2) is 0 Å². The predicted molar refractivity (Wildman–Crippen MR) is 54.6 cm³/mol. The van der Waals surface area contributed by atoms with Gasteiger partial charge >= 0.3 is 0 Å². The van der Waals surface area contributed by atoms with Crippen molar-refractivity contribution in [1.82, 2.24) is 5.32 Å². The molecule has 0 aliphatic rings. The first-order valence-electron chi connectivity index (χ1n) is 4.54. The van der Waals surface area contributed by atoms with Gasteiger partial charge in [-0.1, -0.05) is 0 Å². The number of hydrogen-bond acceptors (Lipinski definition) is 5. The first-order valence-corrected chi connectivity index (χ1v) is 4.54. The van der Waals surface area contributed by atoms with E-state index in [0.717, 1.165) is 26.1 Å². The molecule has 0 aromatic carbocycles. The van der Waals surface area contributed by atoms with Gasteiger partial charge in [0, 0.05) is 33.4 Å². The minimum absolute atomic E-state index is 0.194. The van der Waals surface area contributed by atoms with Gasteiger partial charge in [0.25, 0.3) is 0 Å². The van der Waals surface area contributed by atoms with Crippen LogP contribution in [0.3, 0.4) is 0 Å². The zero-order valence-corrected chi connectivity index (χ0v) is 8.46. The van der Waals surface area contributed by atoms with Gasteiger partial charge in [0.2, 0.25) is 0 Å². The third kappa shape index (κ3) is 24.5. The fraction of sp³-hybridized carbons (Fsp3) is 1.00. The molecule has 0 aliphatic heterocycles. The quantitative estimate of drug-likeness (QED) is 0.370. The highest BCUT2D eigenvalue weighted by atomic mass is 16.5. The SMILES string of the molecule is COCCCN.NCCNCCO. The number of aliphatic hydroxyl groups excluding tert-OH is 1. The fourth-order valence-corrected chi connectivity index (χ4v) is 0.534. The second-order valence-electron chi connectivity index (χ2n) is 2.40. The molecule has 5 heteroatoms. The van der Waals surface area contributed by atoms with E-state index in [-0.39, 0.29) is 6.61 Å². The molecule has 0 fully saturated rings. The molecule has 0 aromatic heterocycles. The van der Waals surface area contributed by atoms with Gasteiger partial charge in [0.15, 0.2) is 0 Å². The Bertz CT molecular complexity index is 66.4. The van der Waals surface area contributed by atoms with E-state index in [4.69, 9.17) is 21.3 Å². The van der Waals surface area contributed by atoms with Crippen LogP contribution in [0.5, 0.6) is 0 Å². The van der Waals surface area contributed by atoms with Crippen LogP contribution in [0.2, 0.25) is 0 Å². The van der Waals surface area contributed by atoms with Crippen LogP contribution in [0.25, 0.3) is 0 Å². The van der Waals surface area contributed by atoms with Crippen molar-refractivity contribution >= 4 is 0 Å². The van der Waals surface area contributed by atoms with Crippen molar-refractivity contribution < 1.29 is 9.84 Å². The molecule has 0 bridgehead atoms. The van der Waals surface area contributed by atoms with Gasteiger partial charge in [-0.05, 0) is 13.0 Å². The normalized spacial score (nSPS) is 9.23. The van der Waals surface area contributed by atoms with E-state index in [1.54, 1.807) is 7.11 Å². The summed E-state index contributed by atoms with van der Waals surface area (Å²) < 4.78 is 4.70. The van der Waals surface area contributed by atoms with Gasteiger partial charge < -0.3 is 26.6 Å². The first-order chi connectivity index (χ1) is 6.33. The van der Waals surface area contributed by atoms with E-state index in [9.17, 15) is 0 Å². The Morgan fingerprint density at radius 2 is 1.92 bits per heavy atom. The lowest BCUT2D eigenvalue weighted by Gasteiger charge is -1.95. The van der Waals surface area contributed by atoms with Crippen molar-refractivity contribution in [3.63, 3.8) is 0 Å². The Hall–Kier alpha value is -0.200. The summed E-state index contributed by atoms with van der Waals surface area (Å²) in [5.74, 6) is 0. The lowest BCUT2D eigenvalue weighted by atomic mass is 10.5. The van der Waals surface area contributed by atoms with E-state index < -0.39 is 0 Å². The molecule has 0 aliphatic carbocycles. The molecule has 0 heterocycles. The van der Waals surface area contributed by atoms with Crippen LogP contribution in [-0.2, 0) is 4.74 Å². The zero-order chi connectivity index (χ0) is 10.4. The molecule has 0 rings (SSSR count). The summed E-state index contributed by atoms with van der Waals surface area (Å²) >= 11 is 0. The van der Waals surface area contributed by atoms with Gasteiger partial charge in [0.1, 0.15) is 0 Å². The van der Waals surface area contributed by atoms with Crippen LogP contribution < -0.4 is 16.8 Å². The van der Waals surface area contributed by atoms with Gasteiger partial charge in [0.05, 0.1) is 6.61 Å². The molecule has 6 N–H and O–H groups in total. The summed E-state index contributed by atoms with van der Waals surface area (Å²) in [6, 6.07) is 0. The van der Waals surface area contributed by atoms with Crippen molar-refractivity contribution in [1.29, 1.82) is 0 Å². The molecule has 0 saturated heterocycles. The number of methoxy groups -OCH3 is 1. The summed E-state index contributed by atoms with van der Waals surface area (Å²) in [5.41, 5.74) is 10.3. The number of rotatable bonds is 7. The average molecular weight is 193 g/mol. The molecule has 0 aromatic rings. The molecular formula is C8H23N3O2. The summed E-state index contributed by atoms with van der Waals surface area (Å²) in [5, 5.41) is 11.1. The van der Waals surface area contributed by atoms with E-state index in [0.29, 0.717) is 13.1 Å². The largest absolute Gasteiger partial charge is 0.395 e. The van der Waals surface area contributed by atoms with E-state index >= 15 is 0 Å². The summed E-state index contributed by atoms with van der Waals surface area (Å²) in [6.07, 6.45) is 0.969. The monoisotopic (exact) mass is 193 g/mol. The molecule has 0 unspecified atom stereocenters. The molecular weight excluding hydrogens is 170 g/mol. The Balaban J connectivity index is 0. The van der Waals surface area contributed by atoms with Crippen LogP contribution >= 0.6 is 0 Å². The van der Waals surface area contributed by atoms with E-state index in [2.05, 4.69) is 5.32 Å². The molecule has 82 valence electrons. The standard InChI is InChI=1S/C4H12N2O.C4H11NO/c5-1-2-6-3-4-7;1-6-4-2-3-5/h6-7H,1-5H2;2-5H2,1H3. The zero-order valence-electron chi connectivity index (χ0n) is 8.46. The van der Waals surface area contributed by atoms with Crippen LogP contribution in [0, 0.1) is 0 Å². The minimum atomic E-state index is 0.194. The molecule has 5 nitrogen and oxygen atoms in total. The molecule has 13 heavy (non-hydrogen) atoms. The maximum Gasteiger partial charge on any atom is 0.0555 e. The second-order valence-corrected chi connectivity index (χ2v) is 2.40. The third-order valence-electron chi connectivity index (χ3n) is 1.16. The molecule has 0 saturated carbocycles. The van der Waals surface area contributed by atoms with Crippen molar-refractivity contribution in [2.75, 3.05) is 46.5 Å². The summed E-state index contributed by atoms with van der Waals surface area (Å²) in [6.45, 7) is 3.79. The summed E-state index contributed by atoms with van der Waals surface area (Å²) in [4.78, 5) is 0. The topological polar surface area (TPSA) is 93.5 Å². The number of aliphatic hydroxyl groups is 1. The van der Waals surface area contributed by atoms with Crippen molar-refractivity contribution in [3.8, 4) is 0 Å². The van der Waals surface area contributed by atoms with Crippen LogP contribution in [-0.4, -0.2) is 51.6 Å². The highest BCUT2D eigenvalue weighted by Crippen LogP contribution is 1.70. The number of nitrogens with one attached hydrogen (secondary N) is 1. The molecule has 0 spiro atoms. The Morgan fingerprint density at radius 1 is 1.23 bits per heavy atom. The first kappa shape index (κ1) is 15.3. The lowest BCUT2D eigenvalue weighted by Crippen LogP contribution is -2.24. The van der Waals surface area contributed by atoms with Crippen LogP contribution in [0.1, 0.15) is 6.42 Å². The van der Waals surface area contributed by atoms with Crippen molar-refractivity contribution in [2.45, 2.75) is 6.42 Å². The third-order valence-corrected chi connectivity index (χ3v) is 1.16. The molecule has 0 atom stereocenters. The Morgan fingerprint density at radius 3 is 2.23 bits per heavy atom. The Kier molecular flexibility index (Phi) is 20.9. The lowest BCUT2D eigenvalue weighted by molar-refractivity contribution is 0.197. The fourth-order valence-electron chi connectivity index (χ4n) is 0.534. The van der Waals surface area contributed by atoms with Gasteiger partial charge in [-0.15, -0.1) is 0 Å². The average Bonchev–Trinajstić information content (AvgIpc) is 2.17. The van der Waals surface area contributed by atoms with Gasteiger partial charge in [-0.3, -0.25) is 0 Å². The Labute approximate surface area is 80.4 Å². The summed E-state index contributed by atoms with van der Waals surface area (Å²) in [7, 11) is 1.68. The van der Waals surface area contributed by atoms with Crippen LogP contribution in [0.4, 0.5) is 0 Å². The van der Waals surface area contributed by atoms with Gasteiger partial charge in [-0.25, -0.2) is 0 Å². The second kappa shape index (κ2) is 17.8. The highest BCUT2D eigenvalue weighted by molar-refractivity contribution is 4.42. The maximum absolute atomic E-state index is 8.19. The minimum Gasteiger partial charge on any atom is -0.395 e. The van der Waals surface area contributed by atoms with Crippen molar-refractivity contribution in [3.05, 3.63) is 0 Å². The van der Waals surface area contributed by atoms with Gasteiger partial charge in [-0.2, -0.15) is 0 Å². The number of hydrogen-bond donors (Lipinski definition) is 4. The molecule has 0 radical (unpaired) electrons. The highest BCUT2D eigenvalue weighted by Gasteiger charge is 1.77. The smallest absolute Gasteiger partial charge is 0.0555 e. The van der Waals surface area contributed by atoms with E-state index in [1.807, 2.05) is 0 Å². The van der Waals surface area contributed by atoms with Crippen molar-refractivity contribution in [2.24, 2.45) is 11.5 Å². The van der Waals surface area contributed by atoms with E-state index in [1.165, 1.54) is 0 Å². The number of nitrogens with two attached hydrogens (primary N) is 2. The number of ether oxygens (including phenoxy) is 1. The molecule has 0 amide bonds.